The minimum Gasteiger partial charge on any atom is -0.493 e. The summed E-state index contributed by atoms with van der Waals surface area (Å²) in [5, 5.41) is 4.89. The third-order valence-electron chi connectivity index (χ3n) is 5.00. The van der Waals surface area contributed by atoms with Crippen molar-refractivity contribution in [3.8, 4) is 22.8 Å². The molecule has 2 aromatic heterocycles. The molecule has 0 aliphatic heterocycles. The number of hydrogen-bond donors (Lipinski definition) is 0. The van der Waals surface area contributed by atoms with Crippen LogP contribution in [0.15, 0.2) is 54.6 Å². The number of benzene rings is 2. The number of aryl methyl sites for hydroxylation is 1. The molecule has 0 spiro atoms. The number of pyridine rings is 1. The molecule has 0 amide bonds. The first-order chi connectivity index (χ1) is 14.5. The molecule has 0 unspecified atom stereocenters. The van der Waals surface area contributed by atoms with Gasteiger partial charge in [0.25, 0.3) is 6.43 Å². The van der Waals surface area contributed by atoms with Gasteiger partial charge in [0.2, 0.25) is 0 Å². The van der Waals surface area contributed by atoms with Gasteiger partial charge in [-0.3, -0.25) is 0 Å². The molecule has 0 N–H and O–H groups in total. The molecule has 5 nitrogen and oxygen atoms in total. The highest BCUT2D eigenvalue weighted by molar-refractivity contribution is 5.85. The third kappa shape index (κ3) is 3.58. The molecule has 0 saturated carbocycles. The molecule has 154 valence electrons. The van der Waals surface area contributed by atoms with Crippen LogP contribution in [0, 0.1) is 6.92 Å². The van der Waals surface area contributed by atoms with E-state index >= 15 is 0 Å². The summed E-state index contributed by atoms with van der Waals surface area (Å²) in [6.45, 7) is 2.17. The largest absolute Gasteiger partial charge is 0.493 e. The smallest absolute Gasteiger partial charge is 0.264 e. The summed E-state index contributed by atoms with van der Waals surface area (Å²) in [5.41, 5.74) is 2.97. The Morgan fingerprint density at radius 2 is 1.70 bits per heavy atom. The Balaban J connectivity index is 1.90. The van der Waals surface area contributed by atoms with Crippen LogP contribution in [-0.2, 0) is 6.54 Å². The lowest BCUT2D eigenvalue weighted by atomic mass is 10.1. The normalized spacial score (nSPS) is 11.3. The summed E-state index contributed by atoms with van der Waals surface area (Å²) >= 11 is 0. The molecule has 0 saturated heterocycles. The van der Waals surface area contributed by atoms with Crippen molar-refractivity contribution in [2.75, 3.05) is 14.2 Å². The summed E-state index contributed by atoms with van der Waals surface area (Å²) in [7, 11) is 3.07. The maximum atomic E-state index is 14.0. The second-order valence-electron chi connectivity index (χ2n) is 6.89. The molecular formula is C23H21F2N3O2. The van der Waals surface area contributed by atoms with Gasteiger partial charge in [-0.05, 0) is 36.8 Å². The van der Waals surface area contributed by atoms with Crippen molar-refractivity contribution < 1.29 is 18.3 Å². The summed E-state index contributed by atoms with van der Waals surface area (Å²) in [5.74, 6) is 1.06. The first-order valence-corrected chi connectivity index (χ1v) is 9.44. The van der Waals surface area contributed by atoms with Crippen molar-refractivity contribution in [2.24, 2.45) is 0 Å². The van der Waals surface area contributed by atoms with Crippen molar-refractivity contribution in [3.63, 3.8) is 0 Å². The Kier molecular flexibility index (Phi) is 5.35. The Bertz CT molecular complexity index is 1190. The second kappa shape index (κ2) is 8.10. The van der Waals surface area contributed by atoms with Gasteiger partial charge in [-0.15, -0.1) is 0 Å². The Hall–Kier alpha value is -3.48. The predicted octanol–water partition coefficient (Wildman–Crippen LogP) is 5.41. The maximum absolute atomic E-state index is 14.0. The number of fused-ring (bicyclic) bond motifs is 1. The van der Waals surface area contributed by atoms with E-state index in [9.17, 15) is 8.78 Å². The van der Waals surface area contributed by atoms with Crippen molar-refractivity contribution in [1.29, 1.82) is 0 Å². The van der Waals surface area contributed by atoms with Crippen molar-refractivity contribution in [1.82, 2.24) is 14.8 Å². The minimum absolute atomic E-state index is 0.0819. The topological polar surface area (TPSA) is 49.2 Å². The van der Waals surface area contributed by atoms with E-state index in [1.54, 1.807) is 36.9 Å². The lowest BCUT2D eigenvalue weighted by Crippen LogP contribution is -2.03. The lowest BCUT2D eigenvalue weighted by Gasteiger charge is -2.11. The van der Waals surface area contributed by atoms with Gasteiger partial charge in [0.15, 0.2) is 17.1 Å². The fourth-order valence-corrected chi connectivity index (χ4v) is 3.57. The highest BCUT2D eigenvalue weighted by atomic mass is 19.3. The summed E-state index contributed by atoms with van der Waals surface area (Å²) in [6.07, 6.45) is -2.65. The quantitative estimate of drug-likeness (QED) is 0.427. The molecule has 0 atom stereocenters. The standard InChI is InChI=1S/C23H21F2N3O2/c1-14-21-17(22(24)25)12-18(16-9-10-19(29-2)20(11-16)30-3)26-23(21)28(27-14)13-15-7-5-4-6-8-15/h4-12,22H,13H2,1-3H3. The van der Waals surface area contributed by atoms with Gasteiger partial charge in [0, 0.05) is 11.1 Å². The summed E-state index contributed by atoms with van der Waals surface area (Å²) < 4.78 is 40.2. The average molecular weight is 409 g/mol. The number of ether oxygens (including phenoxy) is 2. The molecule has 2 aromatic carbocycles. The van der Waals surface area contributed by atoms with Gasteiger partial charge < -0.3 is 9.47 Å². The van der Waals surface area contributed by atoms with Crippen LogP contribution < -0.4 is 9.47 Å². The van der Waals surface area contributed by atoms with Gasteiger partial charge in [0.05, 0.1) is 37.5 Å². The molecule has 4 rings (SSSR count). The SMILES string of the molecule is COc1ccc(-c2cc(C(F)F)c3c(C)nn(Cc4ccccc4)c3n2)cc1OC. The van der Waals surface area contributed by atoms with Crippen LogP contribution in [0.2, 0.25) is 0 Å². The Morgan fingerprint density at radius 3 is 2.37 bits per heavy atom. The molecule has 0 bridgehead atoms. The monoisotopic (exact) mass is 409 g/mol. The summed E-state index contributed by atoms with van der Waals surface area (Å²) in [6, 6.07) is 16.4. The lowest BCUT2D eigenvalue weighted by molar-refractivity contribution is 0.153. The second-order valence-corrected chi connectivity index (χ2v) is 6.89. The van der Waals surface area contributed by atoms with E-state index in [1.807, 2.05) is 30.3 Å². The fraction of sp³-hybridized carbons (Fsp3) is 0.217. The predicted molar refractivity (Wildman–Crippen MR) is 111 cm³/mol. The van der Waals surface area contributed by atoms with E-state index in [4.69, 9.17) is 14.5 Å². The van der Waals surface area contributed by atoms with E-state index in [0.717, 1.165) is 5.56 Å². The number of halogens is 2. The van der Waals surface area contributed by atoms with Crippen LogP contribution in [0.25, 0.3) is 22.3 Å². The molecule has 0 aliphatic rings. The molecular weight excluding hydrogens is 388 g/mol. The number of methoxy groups -OCH3 is 2. The molecule has 2 heterocycles. The van der Waals surface area contributed by atoms with Gasteiger partial charge in [0.1, 0.15) is 0 Å². The van der Waals surface area contributed by atoms with Crippen LogP contribution in [-0.4, -0.2) is 29.0 Å². The molecule has 0 fully saturated rings. The van der Waals surface area contributed by atoms with E-state index < -0.39 is 6.43 Å². The molecule has 30 heavy (non-hydrogen) atoms. The first kappa shape index (κ1) is 19.8. The Morgan fingerprint density at radius 1 is 0.967 bits per heavy atom. The van der Waals surface area contributed by atoms with Gasteiger partial charge in [-0.25, -0.2) is 18.4 Å². The number of rotatable bonds is 6. The minimum atomic E-state index is -2.65. The van der Waals surface area contributed by atoms with Gasteiger partial charge in [-0.1, -0.05) is 30.3 Å². The zero-order chi connectivity index (χ0) is 21.3. The highest BCUT2D eigenvalue weighted by Crippen LogP contribution is 2.36. The highest BCUT2D eigenvalue weighted by Gasteiger charge is 2.21. The molecule has 0 radical (unpaired) electrons. The third-order valence-corrected chi connectivity index (χ3v) is 5.00. The first-order valence-electron chi connectivity index (χ1n) is 9.44. The van der Waals surface area contributed by atoms with Crippen LogP contribution in [0.3, 0.4) is 0 Å². The van der Waals surface area contributed by atoms with Crippen molar-refractivity contribution in [3.05, 3.63) is 71.4 Å². The van der Waals surface area contributed by atoms with Gasteiger partial charge in [-0.2, -0.15) is 5.10 Å². The molecule has 4 aromatic rings. The van der Waals surface area contributed by atoms with E-state index in [-0.39, 0.29) is 5.56 Å². The van der Waals surface area contributed by atoms with E-state index in [2.05, 4.69) is 5.10 Å². The average Bonchev–Trinajstić information content (AvgIpc) is 3.08. The van der Waals surface area contributed by atoms with Crippen LogP contribution in [0.5, 0.6) is 11.5 Å². The zero-order valence-electron chi connectivity index (χ0n) is 16.9. The number of alkyl halides is 2. The van der Waals surface area contributed by atoms with Crippen molar-refractivity contribution >= 4 is 11.0 Å². The maximum Gasteiger partial charge on any atom is 0.264 e. The molecule has 7 heteroatoms. The van der Waals surface area contributed by atoms with Crippen LogP contribution in [0.1, 0.15) is 23.2 Å². The summed E-state index contributed by atoms with van der Waals surface area (Å²) in [4.78, 5) is 4.71. The van der Waals surface area contributed by atoms with Crippen LogP contribution >= 0.6 is 0 Å². The fourth-order valence-electron chi connectivity index (χ4n) is 3.57. The van der Waals surface area contributed by atoms with Gasteiger partial charge >= 0.3 is 0 Å². The van der Waals surface area contributed by atoms with E-state index in [1.165, 1.54) is 13.2 Å². The van der Waals surface area contributed by atoms with Crippen molar-refractivity contribution in [2.45, 2.75) is 19.9 Å². The number of nitrogens with zero attached hydrogens (tertiary/aromatic N) is 3. The number of aromatic nitrogens is 3. The number of hydrogen-bond acceptors (Lipinski definition) is 4. The van der Waals surface area contributed by atoms with Crippen LogP contribution in [0.4, 0.5) is 8.78 Å². The Labute approximate surface area is 172 Å². The zero-order valence-corrected chi connectivity index (χ0v) is 16.9. The van der Waals surface area contributed by atoms with E-state index in [0.29, 0.717) is 46.0 Å². The molecule has 0 aliphatic carbocycles.